The van der Waals surface area contributed by atoms with Gasteiger partial charge in [0, 0.05) is 6.07 Å². The number of carbonyl (C=O) groups is 1. The predicted molar refractivity (Wildman–Crippen MR) is 93.2 cm³/mol. The molecule has 0 saturated carbocycles. The van der Waals surface area contributed by atoms with Crippen LogP contribution in [0.15, 0.2) is 36.4 Å². The number of hydrogen-bond acceptors (Lipinski definition) is 6. The lowest BCUT2D eigenvalue weighted by molar-refractivity contribution is -0.118. The Balaban J connectivity index is 2.04. The molecular weight excluding hydrogens is 326 g/mol. The molecule has 1 amide bonds. The first-order chi connectivity index (χ1) is 12.1. The van der Waals surface area contributed by atoms with Crippen LogP contribution in [-0.4, -0.2) is 41.0 Å². The van der Waals surface area contributed by atoms with E-state index in [4.69, 9.17) is 23.7 Å². The number of amides is 1. The van der Waals surface area contributed by atoms with Crippen molar-refractivity contribution in [2.24, 2.45) is 0 Å². The van der Waals surface area contributed by atoms with Gasteiger partial charge in [0.25, 0.3) is 5.91 Å². The van der Waals surface area contributed by atoms with E-state index >= 15 is 0 Å². The SMILES string of the molecule is COc1ccc(NC(=O)COc2cccc(OC)c2OC)c(OC)c1. The maximum Gasteiger partial charge on any atom is 0.262 e. The van der Waals surface area contributed by atoms with Gasteiger partial charge in [0.2, 0.25) is 5.75 Å². The number of carbonyl (C=O) groups excluding carboxylic acids is 1. The van der Waals surface area contributed by atoms with Gasteiger partial charge in [0.05, 0.1) is 34.1 Å². The molecule has 0 aliphatic rings. The van der Waals surface area contributed by atoms with E-state index in [0.29, 0.717) is 34.4 Å². The summed E-state index contributed by atoms with van der Waals surface area (Å²) < 4.78 is 26.4. The van der Waals surface area contributed by atoms with Crippen molar-refractivity contribution in [3.05, 3.63) is 36.4 Å². The summed E-state index contributed by atoms with van der Waals surface area (Å²) in [6.45, 7) is -0.196. The summed E-state index contributed by atoms with van der Waals surface area (Å²) in [4.78, 5) is 12.2. The molecule has 2 aromatic rings. The third kappa shape index (κ3) is 4.47. The van der Waals surface area contributed by atoms with Gasteiger partial charge in [-0.05, 0) is 24.3 Å². The lowest BCUT2D eigenvalue weighted by Gasteiger charge is -2.14. The Morgan fingerprint density at radius 2 is 1.60 bits per heavy atom. The Bertz CT molecular complexity index is 732. The Morgan fingerprint density at radius 1 is 0.880 bits per heavy atom. The molecule has 7 heteroatoms. The van der Waals surface area contributed by atoms with Crippen LogP contribution in [-0.2, 0) is 4.79 Å². The van der Waals surface area contributed by atoms with Crippen LogP contribution in [0.25, 0.3) is 0 Å². The molecule has 0 unspecified atom stereocenters. The van der Waals surface area contributed by atoms with Gasteiger partial charge in [-0.25, -0.2) is 0 Å². The van der Waals surface area contributed by atoms with Crippen molar-refractivity contribution in [2.75, 3.05) is 40.4 Å². The number of nitrogens with one attached hydrogen (secondary N) is 1. The van der Waals surface area contributed by atoms with Crippen molar-refractivity contribution in [3.63, 3.8) is 0 Å². The molecule has 134 valence electrons. The number of benzene rings is 2. The molecule has 2 aromatic carbocycles. The largest absolute Gasteiger partial charge is 0.497 e. The molecule has 0 atom stereocenters. The second-order valence-electron chi connectivity index (χ2n) is 4.89. The van der Waals surface area contributed by atoms with Crippen molar-refractivity contribution < 1.29 is 28.5 Å². The van der Waals surface area contributed by atoms with Crippen LogP contribution in [0.5, 0.6) is 28.7 Å². The molecule has 2 rings (SSSR count). The summed E-state index contributed by atoms with van der Waals surface area (Å²) in [7, 11) is 6.11. The Hall–Kier alpha value is -3.09. The second kappa shape index (κ2) is 8.68. The van der Waals surface area contributed by atoms with E-state index in [1.807, 2.05) is 0 Å². The van der Waals surface area contributed by atoms with Crippen LogP contribution in [0.1, 0.15) is 0 Å². The Labute approximate surface area is 146 Å². The van der Waals surface area contributed by atoms with Gasteiger partial charge in [-0.1, -0.05) is 6.07 Å². The number of hydrogen-bond donors (Lipinski definition) is 1. The smallest absolute Gasteiger partial charge is 0.262 e. The summed E-state index contributed by atoms with van der Waals surface area (Å²) >= 11 is 0. The standard InChI is InChI=1S/C18H21NO6/c1-21-12-8-9-13(16(10-12)23-3)19-17(20)11-25-15-7-5-6-14(22-2)18(15)24-4/h5-10H,11H2,1-4H3,(H,19,20). The highest BCUT2D eigenvalue weighted by Crippen LogP contribution is 2.36. The number of anilines is 1. The average molecular weight is 347 g/mol. The number of ether oxygens (including phenoxy) is 5. The third-order valence-electron chi connectivity index (χ3n) is 3.41. The molecule has 0 aliphatic heterocycles. The maximum absolute atomic E-state index is 12.2. The third-order valence-corrected chi connectivity index (χ3v) is 3.41. The van der Waals surface area contributed by atoms with Gasteiger partial charge < -0.3 is 29.0 Å². The quantitative estimate of drug-likeness (QED) is 0.791. The molecular formula is C18H21NO6. The van der Waals surface area contributed by atoms with Crippen LogP contribution in [0, 0.1) is 0 Å². The van der Waals surface area contributed by atoms with Crippen LogP contribution < -0.4 is 29.0 Å². The Kier molecular flexibility index (Phi) is 6.33. The highest BCUT2D eigenvalue weighted by molar-refractivity contribution is 5.93. The average Bonchev–Trinajstić information content (AvgIpc) is 2.66. The minimum atomic E-state index is -0.340. The van der Waals surface area contributed by atoms with Crippen molar-refractivity contribution >= 4 is 11.6 Å². The van der Waals surface area contributed by atoms with Gasteiger partial charge in [-0.3, -0.25) is 4.79 Å². The second-order valence-corrected chi connectivity index (χ2v) is 4.89. The summed E-state index contributed by atoms with van der Waals surface area (Å²) in [5.41, 5.74) is 0.523. The van der Waals surface area contributed by atoms with Gasteiger partial charge >= 0.3 is 0 Å². The normalized spacial score (nSPS) is 9.92. The molecule has 0 aliphatic carbocycles. The molecule has 0 saturated heterocycles. The molecule has 0 radical (unpaired) electrons. The van der Waals surface area contributed by atoms with Gasteiger partial charge in [-0.15, -0.1) is 0 Å². The number of methoxy groups -OCH3 is 4. The van der Waals surface area contributed by atoms with E-state index in [2.05, 4.69) is 5.32 Å². The minimum absolute atomic E-state index is 0.196. The summed E-state index contributed by atoms with van der Waals surface area (Å²) in [6, 6.07) is 10.3. The first-order valence-corrected chi connectivity index (χ1v) is 7.48. The summed E-state index contributed by atoms with van der Waals surface area (Å²) in [5, 5.41) is 2.73. The van der Waals surface area contributed by atoms with E-state index in [-0.39, 0.29) is 12.5 Å². The molecule has 7 nitrogen and oxygen atoms in total. The van der Waals surface area contributed by atoms with E-state index < -0.39 is 0 Å². The number of rotatable bonds is 8. The van der Waals surface area contributed by atoms with Gasteiger partial charge in [0.15, 0.2) is 18.1 Å². The zero-order valence-electron chi connectivity index (χ0n) is 14.6. The van der Waals surface area contributed by atoms with Crippen molar-refractivity contribution in [1.29, 1.82) is 0 Å². The zero-order valence-corrected chi connectivity index (χ0v) is 14.6. The van der Waals surface area contributed by atoms with Gasteiger partial charge in [0.1, 0.15) is 11.5 Å². The van der Waals surface area contributed by atoms with Crippen molar-refractivity contribution in [3.8, 4) is 28.7 Å². The fourth-order valence-corrected chi connectivity index (χ4v) is 2.20. The van der Waals surface area contributed by atoms with E-state index in [1.54, 1.807) is 43.5 Å². The van der Waals surface area contributed by atoms with Crippen LogP contribution in [0.3, 0.4) is 0 Å². The molecule has 0 fully saturated rings. The molecule has 0 bridgehead atoms. The fourth-order valence-electron chi connectivity index (χ4n) is 2.20. The van der Waals surface area contributed by atoms with Crippen LogP contribution in [0.2, 0.25) is 0 Å². The number of para-hydroxylation sites is 1. The minimum Gasteiger partial charge on any atom is -0.497 e. The van der Waals surface area contributed by atoms with Crippen LogP contribution >= 0.6 is 0 Å². The summed E-state index contributed by atoms with van der Waals surface area (Å²) in [5.74, 6) is 2.16. The van der Waals surface area contributed by atoms with Crippen molar-refractivity contribution in [1.82, 2.24) is 0 Å². The highest BCUT2D eigenvalue weighted by atomic mass is 16.5. The molecule has 25 heavy (non-hydrogen) atoms. The van der Waals surface area contributed by atoms with Crippen LogP contribution in [0.4, 0.5) is 5.69 Å². The van der Waals surface area contributed by atoms with E-state index in [9.17, 15) is 4.79 Å². The fraction of sp³-hybridized carbons (Fsp3) is 0.278. The van der Waals surface area contributed by atoms with E-state index in [1.165, 1.54) is 21.3 Å². The molecule has 0 heterocycles. The Morgan fingerprint density at radius 3 is 2.24 bits per heavy atom. The molecule has 1 N–H and O–H groups in total. The predicted octanol–water partition coefficient (Wildman–Crippen LogP) is 2.74. The van der Waals surface area contributed by atoms with Gasteiger partial charge in [-0.2, -0.15) is 0 Å². The van der Waals surface area contributed by atoms with Crippen molar-refractivity contribution in [2.45, 2.75) is 0 Å². The highest BCUT2D eigenvalue weighted by Gasteiger charge is 2.13. The topological polar surface area (TPSA) is 75.3 Å². The first kappa shape index (κ1) is 18.3. The zero-order chi connectivity index (χ0) is 18.2. The van der Waals surface area contributed by atoms with E-state index in [0.717, 1.165) is 0 Å². The summed E-state index contributed by atoms with van der Waals surface area (Å²) in [6.07, 6.45) is 0. The maximum atomic E-state index is 12.2. The molecule has 0 aromatic heterocycles. The monoisotopic (exact) mass is 347 g/mol. The lowest BCUT2D eigenvalue weighted by atomic mass is 10.2. The molecule has 0 spiro atoms. The lowest BCUT2D eigenvalue weighted by Crippen LogP contribution is -2.20. The first-order valence-electron chi connectivity index (χ1n) is 7.48.